The molecule has 0 atom stereocenters. The summed E-state index contributed by atoms with van der Waals surface area (Å²) in [7, 11) is 0. The van der Waals surface area contributed by atoms with Crippen LogP contribution in [0.1, 0.15) is 27.7 Å². The summed E-state index contributed by atoms with van der Waals surface area (Å²) in [5.74, 6) is -1.76. The second-order valence-electron chi connectivity index (χ2n) is 7.39. The van der Waals surface area contributed by atoms with Crippen LogP contribution in [0.4, 0.5) is 19.5 Å². The molecule has 1 amide bonds. The lowest BCUT2D eigenvalue weighted by atomic mass is 10.2. The minimum atomic E-state index is -0.832. The van der Waals surface area contributed by atoms with Crippen molar-refractivity contribution in [3.8, 4) is 5.69 Å². The van der Waals surface area contributed by atoms with Gasteiger partial charge in [-0.25, -0.2) is 28.0 Å². The zero-order valence-corrected chi connectivity index (χ0v) is 17.5. The van der Waals surface area contributed by atoms with Gasteiger partial charge in [-0.1, -0.05) is 11.6 Å². The number of amides is 1. The Labute approximate surface area is 175 Å². The minimum absolute atomic E-state index is 0.00765. The molecule has 2 heterocycles. The van der Waals surface area contributed by atoms with Gasteiger partial charge in [0.05, 0.1) is 28.5 Å². The van der Waals surface area contributed by atoms with Gasteiger partial charge >= 0.3 is 6.09 Å². The Kier molecular flexibility index (Phi) is 5.76. The Morgan fingerprint density at radius 2 is 1.97 bits per heavy atom. The van der Waals surface area contributed by atoms with E-state index < -0.39 is 28.9 Å². The number of rotatable bonds is 3. The first-order valence-corrected chi connectivity index (χ1v) is 9.43. The largest absolute Gasteiger partial charge is 0.443 e. The van der Waals surface area contributed by atoms with E-state index in [1.807, 2.05) is 0 Å². The summed E-state index contributed by atoms with van der Waals surface area (Å²) in [6.45, 7) is 6.70. The fourth-order valence-electron chi connectivity index (χ4n) is 2.81. The fraction of sp³-hybridized carbons (Fsp3) is 0.300. The highest BCUT2D eigenvalue weighted by Crippen LogP contribution is 2.26. The highest BCUT2D eigenvalue weighted by molar-refractivity contribution is 6.35. The molecule has 0 unspecified atom stereocenters. The van der Waals surface area contributed by atoms with E-state index >= 15 is 0 Å². The van der Waals surface area contributed by atoms with Crippen LogP contribution >= 0.6 is 11.6 Å². The molecule has 1 aromatic carbocycles. The van der Waals surface area contributed by atoms with Crippen molar-refractivity contribution in [2.24, 2.45) is 0 Å². The smallest absolute Gasteiger partial charge is 0.417 e. The van der Waals surface area contributed by atoms with Crippen molar-refractivity contribution < 1.29 is 18.3 Å². The summed E-state index contributed by atoms with van der Waals surface area (Å²) in [6, 6.07) is 3.34. The molecule has 7 nitrogen and oxygen atoms in total. The second kappa shape index (κ2) is 7.98. The van der Waals surface area contributed by atoms with Crippen molar-refractivity contribution >= 4 is 34.5 Å². The lowest BCUT2D eigenvalue weighted by Crippen LogP contribution is -2.40. The molecule has 0 saturated heterocycles. The van der Waals surface area contributed by atoms with Crippen LogP contribution in [0.5, 0.6) is 0 Å². The molecule has 10 heteroatoms. The summed E-state index contributed by atoms with van der Waals surface area (Å²) < 4.78 is 34.7. The average molecular weight is 437 g/mol. The normalized spacial score (nSPS) is 11.6. The molecule has 0 radical (unpaired) electrons. The predicted molar refractivity (Wildman–Crippen MR) is 109 cm³/mol. The van der Waals surface area contributed by atoms with Gasteiger partial charge in [0.25, 0.3) is 5.56 Å². The third-order valence-corrected chi connectivity index (χ3v) is 4.34. The lowest BCUT2D eigenvalue weighted by Gasteiger charge is -2.27. The molecule has 0 N–H and O–H groups in total. The van der Waals surface area contributed by atoms with Gasteiger partial charge < -0.3 is 4.74 Å². The maximum absolute atomic E-state index is 14.5. The minimum Gasteiger partial charge on any atom is -0.443 e. The maximum atomic E-state index is 14.5. The van der Waals surface area contributed by atoms with Crippen LogP contribution in [0, 0.1) is 11.6 Å². The van der Waals surface area contributed by atoms with Gasteiger partial charge in [0.2, 0.25) is 5.95 Å². The molecule has 30 heavy (non-hydrogen) atoms. The Balaban J connectivity index is 2.39. The third kappa shape index (κ3) is 4.11. The molecule has 0 aliphatic rings. The number of halogens is 3. The summed E-state index contributed by atoms with van der Waals surface area (Å²) in [5, 5.41) is -0.237. The maximum Gasteiger partial charge on any atom is 0.417 e. The summed E-state index contributed by atoms with van der Waals surface area (Å²) in [4.78, 5) is 35.1. The number of nitrogens with zero attached hydrogens (tertiary/aromatic N) is 4. The first kappa shape index (κ1) is 21.6. The number of anilines is 1. The zero-order valence-electron chi connectivity index (χ0n) is 16.7. The average Bonchev–Trinajstić information content (AvgIpc) is 2.63. The first-order chi connectivity index (χ1) is 14.0. The van der Waals surface area contributed by atoms with Crippen molar-refractivity contribution in [3.05, 3.63) is 57.6 Å². The van der Waals surface area contributed by atoms with Crippen LogP contribution in [0.3, 0.4) is 0 Å². The molecule has 0 aliphatic carbocycles. The third-order valence-electron chi connectivity index (χ3n) is 4.03. The lowest BCUT2D eigenvalue weighted by molar-refractivity contribution is 0.0579. The molecular weight excluding hydrogens is 418 g/mol. The highest BCUT2D eigenvalue weighted by atomic mass is 35.5. The van der Waals surface area contributed by atoms with Gasteiger partial charge in [-0.2, -0.15) is 0 Å². The van der Waals surface area contributed by atoms with E-state index in [2.05, 4.69) is 9.97 Å². The van der Waals surface area contributed by atoms with E-state index in [9.17, 15) is 18.4 Å². The van der Waals surface area contributed by atoms with Crippen molar-refractivity contribution in [1.29, 1.82) is 0 Å². The monoisotopic (exact) mass is 436 g/mol. The van der Waals surface area contributed by atoms with Gasteiger partial charge in [0, 0.05) is 12.6 Å². The first-order valence-electron chi connectivity index (χ1n) is 9.05. The molecule has 0 fully saturated rings. The van der Waals surface area contributed by atoms with E-state index in [1.54, 1.807) is 27.7 Å². The second-order valence-corrected chi connectivity index (χ2v) is 7.80. The van der Waals surface area contributed by atoms with Crippen molar-refractivity contribution in [3.63, 3.8) is 0 Å². The summed E-state index contributed by atoms with van der Waals surface area (Å²) in [6.07, 6.45) is 1.37. The Hall–Kier alpha value is -3.07. The molecule has 0 spiro atoms. The number of pyridine rings is 1. The van der Waals surface area contributed by atoms with Crippen LogP contribution in [0.15, 0.2) is 35.4 Å². The van der Waals surface area contributed by atoms with Gasteiger partial charge in [0.1, 0.15) is 22.8 Å². The van der Waals surface area contributed by atoms with E-state index in [0.29, 0.717) is 0 Å². The van der Waals surface area contributed by atoms with E-state index in [1.165, 1.54) is 12.3 Å². The quantitative estimate of drug-likeness (QED) is 0.605. The van der Waals surface area contributed by atoms with Crippen LogP contribution in [0.25, 0.3) is 16.6 Å². The van der Waals surface area contributed by atoms with E-state index in [-0.39, 0.29) is 34.1 Å². The van der Waals surface area contributed by atoms with Crippen molar-refractivity contribution in [2.45, 2.75) is 33.3 Å². The molecule has 2 aromatic heterocycles. The predicted octanol–water partition coefficient (Wildman–Crippen LogP) is 4.47. The van der Waals surface area contributed by atoms with Gasteiger partial charge in [0.15, 0.2) is 0 Å². The number of hydrogen-bond donors (Lipinski definition) is 0. The Morgan fingerprint density at radius 3 is 2.57 bits per heavy atom. The van der Waals surface area contributed by atoms with E-state index in [4.69, 9.17) is 16.3 Å². The molecule has 3 aromatic rings. The number of carbonyl (C=O) groups excluding carboxylic acids is 1. The molecule has 0 saturated carbocycles. The number of fused-ring (bicyclic) bond motifs is 1. The van der Waals surface area contributed by atoms with Crippen LogP contribution in [0.2, 0.25) is 5.02 Å². The standard InChI is InChI=1S/C20H19ClF2N4O3/c1-5-26(19(29)30-20(2,3)4)18-25-16-14(23)7-6-13(21)15(16)17(28)27(18)12-8-11(22)9-24-10-12/h6-10H,5H2,1-4H3. The van der Waals surface area contributed by atoms with E-state index in [0.717, 1.165) is 27.8 Å². The zero-order chi connectivity index (χ0) is 22.2. The SMILES string of the molecule is CCN(C(=O)OC(C)(C)C)c1nc2c(F)ccc(Cl)c2c(=O)n1-c1cncc(F)c1. The molecule has 0 bridgehead atoms. The number of aromatic nitrogens is 3. The van der Waals surface area contributed by atoms with Gasteiger partial charge in [-0.05, 0) is 39.8 Å². The molecule has 0 aliphatic heterocycles. The summed E-state index contributed by atoms with van der Waals surface area (Å²) in [5.41, 5.74) is -1.94. The van der Waals surface area contributed by atoms with Crippen LogP contribution in [-0.2, 0) is 4.74 Å². The van der Waals surface area contributed by atoms with Crippen molar-refractivity contribution in [1.82, 2.24) is 14.5 Å². The van der Waals surface area contributed by atoms with Crippen LogP contribution < -0.4 is 10.5 Å². The van der Waals surface area contributed by atoms with Gasteiger partial charge in [-0.15, -0.1) is 0 Å². The summed E-state index contributed by atoms with van der Waals surface area (Å²) >= 11 is 6.13. The number of ether oxygens (including phenoxy) is 1. The number of benzene rings is 1. The van der Waals surface area contributed by atoms with Gasteiger partial charge in [-0.3, -0.25) is 9.78 Å². The fourth-order valence-corrected chi connectivity index (χ4v) is 3.05. The molecule has 158 valence electrons. The Bertz CT molecular complexity index is 1190. The molecule has 3 rings (SSSR count). The molecular formula is C20H19ClF2N4O3. The highest BCUT2D eigenvalue weighted by Gasteiger charge is 2.28. The number of hydrogen-bond acceptors (Lipinski definition) is 5. The van der Waals surface area contributed by atoms with Crippen LogP contribution in [-0.4, -0.2) is 32.8 Å². The van der Waals surface area contributed by atoms with Crippen molar-refractivity contribution in [2.75, 3.05) is 11.4 Å². The topological polar surface area (TPSA) is 77.3 Å². The Morgan fingerprint density at radius 1 is 1.27 bits per heavy atom. The number of carbonyl (C=O) groups is 1.